The SMILES string of the molecule is NCc1ccc2c(c1)/C(=C\CCN1CCC(O)(c3ccc(Cl)cc3)CC1)c1ccccc1CO2. The summed E-state index contributed by atoms with van der Waals surface area (Å²) in [5.74, 6) is 0.908. The van der Waals surface area contributed by atoms with Gasteiger partial charge < -0.3 is 20.5 Å². The standard InChI is InChI=1S/C29H31ClN2O2/c30-24-10-8-23(9-11-24)29(33)13-16-32(17-14-29)15-3-6-26-25-5-2-1-4-22(25)20-34-28-12-7-21(19-31)18-27(26)28/h1-2,4-12,18,33H,3,13-17,19-20,31H2/b26-6-. The van der Waals surface area contributed by atoms with Crippen LogP contribution in [0.5, 0.6) is 5.75 Å². The summed E-state index contributed by atoms with van der Waals surface area (Å²) >= 11 is 6.02. The van der Waals surface area contributed by atoms with E-state index in [2.05, 4.69) is 41.3 Å². The lowest BCUT2D eigenvalue weighted by Crippen LogP contribution is -2.42. The van der Waals surface area contributed by atoms with E-state index in [1.807, 2.05) is 36.4 Å². The number of aliphatic hydroxyl groups is 1. The molecule has 2 aliphatic rings. The van der Waals surface area contributed by atoms with Crippen LogP contribution in [0, 0.1) is 0 Å². The highest BCUT2D eigenvalue weighted by Gasteiger charge is 2.33. The molecule has 34 heavy (non-hydrogen) atoms. The number of likely N-dealkylation sites (tertiary alicyclic amines) is 1. The topological polar surface area (TPSA) is 58.7 Å². The fraction of sp³-hybridized carbons (Fsp3) is 0.310. The molecule has 0 aliphatic carbocycles. The van der Waals surface area contributed by atoms with Crippen molar-refractivity contribution in [3.63, 3.8) is 0 Å². The van der Waals surface area contributed by atoms with Gasteiger partial charge in [0.25, 0.3) is 0 Å². The van der Waals surface area contributed by atoms with E-state index in [1.54, 1.807) is 0 Å². The molecule has 0 radical (unpaired) electrons. The number of ether oxygens (including phenoxy) is 1. The van der Waals surface area contributed by atoms with Crippen molar-refractivity contribution in [2.45, 2.75) is 38.0 Å². The second-order valence-electron chi connectivity index (χ2n) is 9.27. The van der Waals surface area contributed by atoms with Crippen LogP contribution in [0.1, 0.15) is 47.1 Å². The van der Waals surface area contributed by atoms with Crippen LogP contribution in [0.15, 0.2) is 72.8 Å². The van der Waals surface area contributed by atoms with Crippen LogP contribution in [-0.4, -0.2) is 29.6 Å². The highest BCUT2D eigenvalue weighted by molar-refractivity contribution is 6.30. The minimum atomic E-state index is -0.769. The maximum atomic E-state index is 11.2. The van der Waals surface area contributed by atoms with Crippen molar-refractivity contribution in [2.75, 3.05) is 19.6 Å². The highest BCUT2D eigenvalue weighted by atomic mass is 35.5. The van der Waals surface area contributed by atoms with Crippen molar-refractivity contribution in [3.8, 4) is 5.75 Å². The largest absolute Gasteiger partial charge is 0.488 e. The van der Waals surface area contributed by atoms with Gasteiger partial charge in [-0.2, -0.15) is 0 Å². The van der Waals surface area contributed by atoms with Gasteiger partial charge in [0, 0.05) is 36.8 Å². The van der Waals surface area contributed by atoms with Gasteiger partial charge in [-0.15, -0.1) is 0 Å². The molecule has 0 spiro atoms. The number of nitrogens with zero attached hydrogens (tertiary/aromatic N) is 1. The average molecular weight is 475 g/mol. The Balaban J connectivity index is 1.31. The molecule has 1 fully saturated rings. The first-order chi connectivity index (χ1) is 16.6. The Hall–Kier alpha value is -2.63. The predicted octanol–water partition coefficient (Wildman–Crippen LogP) is 5.50. The minimum absolute atomic E-state index is 0.506. The molecule has 1 saturated heterocycles. The summed E-state index contributed by atoms with van der Waals surface area (Å²) in [5.41, 5.74) is 12.0. The first-order valence-corrected chi connectivity index (χ1v) is 12.4. The van der Waals surface area contributed by atoms with Crippen LogP contribution in [0.2, 0.25) is 5.02 Å². The molecule has 0 amide bonds. The molecule has 176 valence electrons. The van der Waals surface area contributed by atoms with Gasteiger partial charge in [0.2, 0.25) is 0 Å². The second-order valence-corrected chi connectivity index (χ2v) is 9.70. The molecule has 5 rings (SSSR count). The quantitative estimate of drug-likeness (QED) is 0.513. The molecule has 2 aliphatic heterocycles. The van der Waals surface area contributed by atoms with Gasteiger partial charge in [-0.3, -0.25) is 0 Å². The molecule has 3 aromatic carbocycles. The summed E-state index contributed by atoms with van der Waals surface area (Å²) in [6, 6.07) is 22.3. The molecule has 0 atom stereocenters. The first-order valence-electron chi connectivity index (χ1n) is 12.0. The van der Waals surface area contributed by atoms with Gasteiger partial charge in [-0.05, 0) is 71.4 Å². The maximum absolute atomic E-state index is 11.2. The van der Waals surface area contributed by atoms with Crippen molar-refractivity contribution in [2.24, 2.45) is 5.73 Å². The molecule has 2 heterocycles. The second kappa shape index (κ2) is 9.93. The lowest BCUT2D eigenvalue weighted by molar-refractivity contribution is -0.0254. The van der Waals surface area contributed by atoms with E-state index in [0.29, 0.717) is 18.2 Å². The highest BCUT2D eigenvalue weighted by Crippen LogP contribution is 2.38. The Bertz CT molecular complexity index is 1180. The van der Waals surface area contributed by atoms with Gasteiger partial charge in [-0.1, -0.05) is 60.1 Å². The molecule has 0 unspecified atom stereocenters. The van der Waals surface area contributed by atoms with E-state index in [1.165, 1.54) is 16.7 Å². The Labute approximate surface area is 206 Å². The van der Waals surface area contributed by atoms with Gasteiger partial charge in [0.1, 0.15) is 12.4 Å². The number of benzene rings is 3. The van der Waals surface area contributed by atoms with Crippen LogP contribution < -0.4 is 10.5 Å². The van der Waals surface area contributed by atoms with Crippen molar-refractivity contribution >= 4 is 17.2 Å². The van der Waals surface area contributed by atoms with E-state index in [4.69, 9.17) is 22.1 Å². The van der Waals surface area contributed by atoms with E-state index < -0.39 is 5.60 Å². The third kappa shape index (κ3) is 4.77. The van der Waals surface area contributed by atoms with Gasteiger partial charge in [-0.25, -0.2) is 0 Å². The zero-order valence-electron chi connectivity index (χ0n) is 19.3. The third-order valence-electron chi connectivity index (χ3n) is 7.12. The number of fused-ring (bicyclic) bond motifs is 2. The van der Waals surface area contributed by atoms with E-state index in [9.17, 15) is 5.11 Å². The number of piperidine rings is 1. The summed E-state index contributed by atoms with van der Waals surface area (Å²) in [7, 11) is 0. The number of hydrogen-bond donors (Lipinski definition) is 2. The zero-order chi connectivity index (χ0) is 23.5. The van der Waals surface area contributed by atoms with Crippen LogP contribution in [-0.2, 0) is 18.8 Å². The van der Waals surface area contributed by atoms with Crippen LogP contribution in [0.3, 0.4) is 0 Å². The summed E-state index contributed by atoms with van der Waals surface area (Å²) in [6.45, 7) is 3.77. The Morgan fingerprint density at radius 1 is 1.00 bits per heavy atom. The third-order valence-corrected chi connectivity index (χ3v) is 7.37. The summed E-state index contributed by atoms with van der Waals surface area (Å²) in [6.07, 6.45) is 4.72. The molecule has 3 N–H and O–H groups in total. The molecule has 0 aromatic heterocycles. The fourth-order valence-corrected chi connectivity index (χ4v) is 5.18. The van der Waals surface area contributed by atoms with Crippen molar-refractivity contribution in [1.29, 1.82) is 0 Å². The Kier molecular flexibility index (Phi) is 6.75. The summed E-state index contributed by atoms with van der Waals surface area (Å²) in [4.78, 5) is 2.44. The lowest BCUT2D eigenvalue weighted by Gasteiger charge is -2.38. The van der Waals surface area contributed by atoms with Crippen molar-refractivity contribution < 1.29 is 9.84 Å². The predicted molar refractivity (Wildman–Crippen MR) is 138 cm³/mol. The van der Waals surface area contributed by atoms with E-state index in [-0.39, 0.29) is 0 Å². The summed E-state index contributed by atoms with van der Waals surface area (Å²) < 4.78 is 6.15. The minimum Gasteiger partial charge on any atom is -0.488 e. The zero-order valence-corrected chi connectivity index (χ0v) is 20.1. The molecule has 4 nitrogen and oxygen atoms in total. The number of hydrogen-bond acceptors (Lipinski definition) is 4. The number of nitrogens with two attached hydrogens (primary N) is 1. The Morgan fingerprint density at radius 3 is 2.53 bits per heavy atom. The molecular formula is C29H31ClN2O2. The fourth-order valence-electron chi connectivity index (χ4n) is 5.06. The first kappa shape index (κ1) is 23.1. The van der Waals surface area contributed by atoms with Crippen molar-refractivity contribution in [1.82, 2.24) is 4.90 Å². The molecule has 3 aromatic rings. The van der Waals surface area contributed by atoms with Crippen LogP contribution in [0.4, 0.5) is 0 Å². The van der Waals surface area contributed by atoms with Crippen LogP contribution in [0.25, 0.3) is 5.57 Å². The normalized spacial score (nSPS) is 18.6. The number of halogens is 1. The smallest absolute Gasteiger partial charge is 0.127 e. The van der Waals surface area contributed by atoms with E-state index >= 15 is 0 Å². The molecule has 5 heteroatoms. The van der Waals surface area contributed by atoms with Crippen LogP contribution >= 0.6 is 11.6 Å². The number of rotatable bonds is 5. The van der Waals surface area contributed by atoms with E-state index in [0.717, 1.165) is 61.3 Å². The van der Waals surface area contributed by atoms with Gasteiger partial charge in [0.05, 0.1) is 5.60 Å². The van der Waals surface area contributed by atoms with Crippen molar-refractivity contribution in [3.05, 3.63) is 106 Å². The lowest BCUT2D eigenvalue weighted by atomic mass is 9.84. The Morgan fingerprint density at radius 2 is 1.76 bits per heavy atom. The van der Waals surface area contributed by atoms with Gasteiger partial charge in [0.15, 0.2) is 0 Å². The maximum Gasteiger partial charge on any atom is 0.127 e. The van der Waals surface area contributed by atoms with Gasteiger partial charge >= 0.3 is 0 Å². The summed E-state index contributed by atoms with van der Waals surface area (Å²) in [5, 5.41) is 11.9. The molecular weight excluding hydrogens is 444 g/mol. The average Bonchev–Trinajstić information content (AvgIpc) is 3.02. The monoisotopic (exact) mass is 474 g/mol. The molecule has 0 bridgehead atoms. The molecule has 0 saturated carbocycles.